The maximum Gasteiger partial charge on any atom is 0.0383 e. The molecule has 0 unspecified atom stereocenters. The van der Waals surface area contributed by atoms with E-state index in [1.807, 2.05) is 6.08 Å². The lowest BCUT2D eigenvalue weighted by Crippen LogP contribution is -2.61. The van der Waals surface area contributed by atoms with E-state index < -0.39 is 0 Å². The van der Waals surface area contributed by atoms with Crippen molar-refractivity contribution in [1.82, 2.24) is 10.2 Å². The molecule has 0 atom stereocenters. The fourth-order valence-corrected chi connectivity index (χ4v) is 3.69. The Balaban J connectivity index is 1.79. The predicted molar refractivity (Wildman–Crippen MR) is 82.3 cm³/mol. The highest BCUT2D eigenvalue weighted by Gasteiger charge is 2.45. The van der Waals surface area contributed by atoms with E-state index in [1.54, 1.807) is 0 Å². The first-order chi connectivity index (χ1) is 8.86. The van der Waals surface area contributed by atoms with Crippen LogP contribution in [0.3, 0.4) is 0 Å². The molecule has 2 nitrogen and oxygen atoms in total. The molecular formula is C17H30N2. The molecule has 2 rings (SSSR count). The van der Waals surface area contributed by atoms with Gasteiger partial charge >= 0.3 is 0 Å². The van der Waals surface area contributed by atoms with Crippen LogP contribution in [0.2, 0.25) is 0 Å². The molecule has 1 aliphatic heterocycles. The minimum Gasteiger partial charge on any atom is -0.305 e. The maximum absolute atomic E-state index is 3.74. The van der Waals surface area contributed by atoms with Crippen LogP contribution in [0.5, 0.6) is 0 Å². The molecule has 2 heteroatoms. The van der Waals surface area contributed by atoms with Gasteiger partial charge in [-0.3, -0.25) is 4.90 Å². The van der Waals surface area contributed by atoms with Crippen molar-refractivity contribution < 1.29 is 0 Å². The average molecular weight is 262 g/mol. The molecule has 0 aromatic rings. The largest absolute Gasteiger partial charge is 0.305 e. The van der Waals surface area contributed by atoms with E-state index in [1.165, 1.54) is 38.8 Å². The van der Waals surface area contributed by atoms with Gasteiger partial charge < -0.3 is 5.32 Å². The Labute approximate surface area is 118 Å². The van der Waals surface area contributed by atoms with Crippen LogP contribution in [-0.2, 0) is 0 Å². The lowest BCUT2D eigenvalue weighted by Gasteiger charge is -2.55. The van der Waals surface area contributed by atoms with Crippen molar-refractivity contribution in [1.29, 1.82) is 0 Å². The molecule has 19 heavy (non-hydrogen) atoms. The molecule has 108 valence electrons. The van der Waals surface area contributed by atoms with Gasteiger partial charge in [0.15, 0.2) is 0 Å². The van der Waals surface area contributed by atoms with Gasteiger partial charge in [-0.2, -0.15) is 0 Å². The van der Waals surface area contributed by atoms with Crippen molar-refractivity contribution in [3.05, 3.63) is 18.4 Å². The molecule has 0 aromatic heterocycles. The Hall–Kier alpha value is -0.560. The average Bonchev–Trinajstić information content (AvgIpc) is 2.26. The number of hydrogen-bond acceptors (Lipinski definition) is 2. The summed E-state index contributed by atoms with van der Waals surface area (Å²) in [5, 5.41) is 3.74. The number of likely N-dealkylation sites (tertiary alicyclic amines) is 1. The summed E-state index contributed by atoms with van der Waals surface area (Å²) < 4.78 is 0. The SMILES string of the molecule is C=C=CC(C)(C)NC1CCC2(CC1)CN(C(C)C)C2. The van der Waals surface area contributed by atoms with Crippen molar-refractivity contribution in [3.8, 4) is 0 Å². The molecule has 1 N–H and O–H groups in total. The van der Waals surface area contributed by atoms with Gasteiger partial charge in [0.05, 0.1) is 0 Å². The summed E-state index contributed by atoms with van der Waals surface area (Å²) in [5.41, 5.74) is 3.59. The van der Waals surface area contributed by atoms with Gasteiger partial charge in [0, 0.05) is 30.7 Å². The summed E-state index contributed by atoms with van der Waals surface area (Å²) >= 11 is 0. The summed E-state index contributed by atoms with van der Waals surface area (Å²) in [6, 6.07) is 1.39. The normalized spacial score (nSPS) is 24.3. The van der Waals surface area contributed by atoms with Gasteiger partial charge in [0.25, 0.3) is 0 Å². The van der Waals surface area contributed by atoms with Gasteiger partial charge in [-0.15, -0.1) is 5.73 Å². The highest BCUT2D eigenvalue weighted by atomic mass is 15.2. The Bertz CT molecular complexity index is 347. The van der Waals surface area contributed by atoms with Gasteiger partial charge in [0.1, 0.15) is 0 Å². The summed E-state index contributed by atoms with van der Waals surface area (Å²) in [4.78, 5) is 2.61. The van der Waals surface area contributed by atoms with Crippen LogP contribution in [0.25, 0.3) is 0 Å². The van der Waals surface area contributed by atoms with Crippen LogP contribution < -0.4 is 5.32 Å². The van der Waals surface area contributed by atoms with Crippen LogP contribution in [0.4, 0.5) is 0 Å². The Morgan fingerprint density at radius 1 is 1.32 bits per heavy atom. The molecule has 2 fully saturated rings. The van der Waals surface area contributed by atoms with E-state index >= 15 is 0 Å². The highest BCUT2D eigenvalue weighted by molar-refractivity contribution is 5.04. The highest BCUT2D eigenvalue weighted by Crippen LogP contribution is 2.44. The topological polar surface area (TPSA) is 15.3 Å². The van der Waals surface area contributed by atoms with Crippen LogP contribution in [0.15, 0.2) is 18.4 Å². The lowest BCUT2D eigenvalue weighted by molar-refractivity contribution is -0.0521. The van der Waals surface area contributed by atoms with Gasteiger partial charge in [0.2, 0.25) is 0 Å². The standard InChI is InChI=1S/C17H30N2/c1-6-9-16(4,5)18-15-7-10-17(11-8-15)12-19(13-17)14(2)3/h9,14-15,18H,1,7-8,10-13H2,2-5H3. The first-order valence-corrected chi connectivity index (χ1v) is 7.75. The quantitative estimate of drug-likeness (QED) is 0.782. The predicted octanol–water partition coefficient (Wildman–Crippen LogP) is 3.35. The molecule has 0 aromatic carbocycles. The third kappa shape index (κ3) is 3.51. The van der Waals surface area contributed by atoms with E-state index in [0.717, 1.165) is 6.04 Å². The van der Waals surface area contributed by atoms with Gasteiger partial charge in [-0.25, -0.2) is 0 Å². The number of nitrogens with one attached hydrogen (secondary N) is 1. The summed E-state index contributed by atoms with van der Waals surface area (Å²) in [5.74, 6) is 0. The monoisotopic (exact) mass is 262 g/mol. The zero-order valence-electron chi connectivity index (χ0n) is 13.1. The third-order valence-electron chi connectivity index (χ3n) is 4.89. The fraction of sp³-hybridized carbons (Fsp3) is 0.824. The zero-order valence-corrected chi connectivity index (χ0v) is 13.1. The number of nitrogens with zero attached hydrogens (tertiary/aromatic N) is 1. The van der Waals surface area contributed by atoms with Crippen molar-refractivity contribution >= 4 is 0 Å². The second-order valence-electron chi connectivity index (χ2n) is 7.49. The van der Waals surface area contributed by atoms with E-state index in [9.17, 15) is 0 Å². The van der Waals surface area contributed by atoms with Crippen molar-refractivity contribution in [3.63, 3.8) is 0 Å². The molecule has 1 saturated heterocycles. The third-order valence-corrected chi connectivity index (χ3v) is 4.89. The van der Waals surface area contributed by atoms with Crippen LogP contribution in [0.1, 0.15) is 53.4 Å². The smallest absolute Gasteiger partial charge is 0.0383 e. The zero-order chi connectivity index (χ0) is 14.1. The Morgan fingerprint density at radius 2 is 1.89 bits per heavy atom. The Morgan fingerprint density at radius 3 is 2.37 bits per heavy atom. The minimum atomic E-state index is 0.0283. The Kier molecular flexibility index (Phi) is 4.25. The molecule has 2 aliphatic rings. The number of hydrogen-bond donors (Lipinski definition) is 1. The van der Waals surface area contributed by atoms with Crippen LogP contribution in [0, 0.1) is 5.41 Å². The minimum absolute atomic E-state index is 0.0283. The van der Waals surface area contributed by atoms with Gasteiger partial charge in [-0.05, 0) is 64.9 Å². The molecule has 0 amide bonds. The van der Waals surface area contributed by atoms with Crippen molar-refractivity contribution in [2.45, 2.75) is 71.0 Å². The molecule has 1 spiro atoms. The first kappa shape index (κ1) is 14.8. The first-order valence-electron chi connectivity index (χ1n) is 7.75. The summed E-state index contributed by atoms with van der Waals surface area (Å²) in [6.07, 6.45) is 7.46. The molecular weight excluding hydrogens is 232 g/mol. The van der Waals surface area contributed by atoms with E-state index in [0.29, 0.717) is 11.5 Å². The fourth-order valence-electron chi connectivity index (χ4n) is 3.69. The number of rotatable bonds is 4. The maximum atomic E-state index is 3.74. The molecule has 1 saturated carbocycles. The van der Waals surface area contributed by atoms with Crippen LogP contribution in [-0.4, -0.2) is 35.6 Å². The summed E-state index contributed by atoms with van der Waals surface area (Å²) in [7, 11) is 0. The summed E-state index contributed by atoms with van der Waals surface area (Å²) in [6.45, 7) is 15.4. The van der Waals surface area contributed by atoms with E-state index in [-0.39, 0.29) is 5.54 Å². The lowest BCUT2D eigenvalue weighted by atomic mass is 9.67. The molecule has 1 heterocycles. The van der Waals surface area contributed by atoms with E-state index in [4.69, 9.17) is 0 Å². The van der Waals surface area contributed by atoms with Gasteiger partial charge in [-0.1, -0.05) is 6.58 Å². The van der Waals surface area contributed by atoms with E-state index in [2.05, 4.69) is 50.2 Å². The molecule has 0 bridgehead atoms. The van der Waals surface area contributed by atoms with Crippen molar-refractivity contribution in [2.75, 3.05) is 13.1 Å². The van der Waals surface area contributed by atoms with Crippen molar-refractivity contribution in [2.24, 2.45) is 5.41 Å². The molecule has 0 radical (unpaired) electrons. The second-order valence-corrected chi connectivity index (χ2v) is 7.49. The molecule has 1 aliphatic carbocycles. The van der Waals surface area contributed by atoms with Crippen LogP contribution >= 0.6 is 0 Å². The second kappa shape index (κ2) is 5.44.